The van der Waals surface area contributed by atoms with Crippen LogP contribution >= 0.6 is 0 Å². The topological polar surface area (TPSA) is 145 Å². The van der Waals surface area contributed by atoms with E-state index in [1.165, 1.54) is 5.06 Å². The van der Waals surface area contributed by atoms with E-state index in [0.29, 0.717) is 56.9 Å². The Labute approximate surface area is 370 Å². The zero-order valence-corrected chi connectivity index (χ0v) is 38.4. The van der Waals surface area contributed by atoms with E-state index in [1.807, 2.05) is 94.4 Å². The molecule has 5 rings (SSSR count). The lowest BCUT2D eigenvalue weighted by atomic mass is 9.73. The number of rotatable bonds is 22. The first-order valence-electron chi connectivity index (χ1n) is 23.3. The van der Waals surface area contributed by atoms with Crippen molar-refractivity contribution < 1.29 is 33.9 Å². The van der Waals surface area contributed by atoms with Crippen molar-refractivity contribution in [2.45, 2.75) is 155 Å². The molecular weight excluding hydrogens is 781 g/mol. The Kier molecular flexibility index (Phi) is 17.5. The van der Waals surface area contributed by atoms with Crippen LogP contribution in [0.15, 0.2) is 72.8 Å². The molecule has 3 N–H and O–H groups in total. The van der Waals surface area contributed by atoms with E-state index in [-0.39, 0.29) is 61.2 Å². The van der Waals surface area contributed by atoms with Gasteiger partial charge in [-0.1, -0.05) is 93.6 Å². The highest BCUT2D eigenvalue weighted by atomic mass is 16.5. The summed E-state index contributed by atoms with van der Waals surface area (Å²) in [6, 6.07) is 18.0. The third kappa shape index (κ3) is 14.3. The van der Waals surface area contributed by atoms with Crippen LogP contribution < -0.4 is 10.6 Å². The Balaban J connectivity index is 1.26. The van der Waals surface area contributed by atoms with Gasteiger partial charge >= 0.3 is 6.09 Å². The maximum absolute atomic E-state index is 14.4. The predicted molar refractivity (Wildman–Crippen MR) is 242 cm³/mol. The van der Waals surface area contributed by atoms with Gasteiger partial charge in [0.2, 0.25) is 11.8 Å². The van der Waals surface area contributed by atoms with E-state index in [2.05, 4.69) is 37.5 Å². The van der Waals surface area contributed by atoms with Crippen LogP contribution in [0.4, 0.5) is 4.79 Å². The van der Waals surface area contributed by atoms with E-state index in [4.69, 9.17) is 4.74 Å². The molecule has 3 fully saturated rings. The van der Waals surface area contributed by atoms with Crippen molar-refractivity contribution in [2.24, 2.45) is 35.5 Å². The van der Waals surface area contributed by atoms with Gasteiger partial charge in [0.1, 0.15) is 6.61 Å². The Morgan fingerprint density at radius 2 is 1.50 bits per heavy atom. The molecule has 0 radical (unpaired) electrons. The number of piperidine rings is 1. The summed E-state index contributed by atoms with van der Waals surface area (Å²) in [6.07, 6.45) is 10.3. The monoisotopic (exact) mass is 855 g/mol. The summed E-state index contributed by atoms with van der Waals surface area (Å²) in [6.45, 7) is 15.3. The number of hydroxylamine groups is 2. The van der Waals surface area contributed by atoms with Crippen molar-refractivity contribution >= 4 is 29.5 Å². The number of nitrogens with zero attached hydrogens (tertiary/aromatic N) is 2. The lowest BCUT2D eigenvalue weighted by molar-refractivity contribution is -0.251. The lowest BCUT2D eigenvalue weighted by Gasteiger charge is -2.51. The van der Waals surface area contributed by atoms with Crippen molar-refractivity contribution in [2.75, 3.05) is 13.1 Å². The fourth-order valence-electron chi connectivity index (χ4n) is 10.1. The number of allylic oxidation sites excluding steroid dienone is 1. The van der Waals surface area contributed by atoms with Gasteiger partial charge in [-0.2, -0.15) is 5.06 Å². The number of alkyl carbamates (subject to hydrolysis) is 1. The minimum atomic E-state index is -0.812. The molecule has 62 heavy (non-hydrogen) atoms. The third-order valence-electron chi connectivity index (χ3n) is 13.1. The maximum Gasteiger partial charge on any atom is 0.407 e. The largest absolute Gasteiger partial charge is 0.445 e. The summed E-state index contributed by atoms with van der Waals surface area (Å²) < 4.78 is 5.36. The Hall–Kier alpha value is -4.35. The number of ether oxygens (including phenoxy) is 1. The number of nitrogens with one attached hydrogen (secondary N) is 2. The number of carbonyl (C=O) groups is 5. The molecule has 11 heteroatoms. The fraction of sp³-hybridized carbons (Fsp3) is 0.627. The molecule has 0 aromatic heterocycles. The molecule has 2 aromatic carbocycles. The van der Waals surface area contributed by atoms with E-state index in [9.17, 15) is 29.2 Å². The smallest absolute Gasteiger partial charge is 0.407 e. The van der Waals surface area contributed by atoms with Gasteiger partial charge in [0.15, 0.2) is 11.6 Å². The van der Waals surface area contributed by atoms with Crippen LogP contribution in [0.3, 0.4) is 0 Å². The minimum Gasteiger partial charge on any atom is -0.445 e. The van der Waals surface area contributed by atoms with E-state index < -0.39 is 41.1 Å². The number of carbonyl (C=O) groups excluding carboxylic acids is 5. The predicted octanol–water partition coefficient (Wildman–Crippen LogP) is 8.87. The first-order chi connectivity index (χ1) is 29.4. The fourth-order valence-corrected chi connectivity index (χ4v) is 10.1. The van der Waals surface area contributed by atoms with E-state index in [0.717, 1.165) is 36.8 Å². The summed E-state index contributed by atoms with van der Waals surface area (Å²) in [7, 11) is 0. The number of Topliss-reactive ketones (excluding diaryl/α,β-unsaturated/α-hetero) is 2. The van der Waals surface area contributed by atoms with Crippen LogP contribution in [0.1, 0.15) is 130 Å². The second-order valence-electron chi connectivity index (χ2n) is 20.2. The first kappa shape index (κ1) is 48.7. The van der Waals surface area contributed by atoms with Gasteiger partial charge < -0.3 is 25.5 Å². The molecule has 0 spiro atoms. The highest BCUT2D eigenvalue weighted by Crippen LogP contribution is 2.42. The van der Waals surface area contributed by atoms with Crippen LogP contribution in [0, 0.1) is 35.5 Å². The highest BCUT2D eigenvalue weighted by molar-refractivity contribution is 5.95. The lowest BCUT2D eigenvalue weighted by Crippen LogP contribution is -2.59. The van der Waals surface area contributed by atoms with E-state index >= 15 is 0 Å². The van der Waals surface area contributed by atoms with Gasteiger partial charge in [-0.15, -0.1) is 0 Å². The van der Waals surface area contributed by atoms with Crippen LogP contribution in [0.5, 0.6) is 0 Å². The number of amides is 3. The summed E-state index contributed by atoms with van der Waals surface area (Å²) >= 11 is 0. The molecule has 0 bridgehead atoms. The van der Waals surface area contributed by atoms with Crippen LogP contribution in [-0.2, 0) is 36.9 Å². The summed E-state index contributed by atoms with van der Waals surface area (Å²) in [4.78, 5) is 71.4. The number of hydrogen-bond donors (Lipinski definition) is 3. The molecule has 11 nitrogen and oxygen atoms in total. The highest BCUT2D eigenvalue weighted by Gasteiger charge is 2.46. The number of benzene rings is 2. The average Bonchev–Trinajstić information content (AvgIpc) is 3.94. The standard InChI is InChI=1S/C51H74N4O7/c1-35(2)28-36(3)22-23-41(29-37-16-10-8-11-17-37)48(59)54-27-15-21-44(54)46(57)31-42(40-24-25-40)47(58)53-43(20-14-26-52-49(60)62-34-38-18-12-9-13-19-38)45(56)30-39-32-50(4,5)55(61)51(6,7)33-39/h8-13,16-19,22-23,35-36,39-44,61H,14-15,20-21,24-34H2,1-7H3,(H,52,60)(H,53,58)/b23-22+/t36-,41-,42+,43+,44+/m1/s1. The van der Waals surface area contributed by atoms with Crippen molar-refractivity contribution in [1.29, 1.82) is 0 Å². The zero-order chi connectivity index (χ0) is 45.0. The molecule has 3 aliphatic rings. The number of hydrogen-bond acceptors (Lipinski definition) is 8. The average molecular weight is 855 g/mol. The summed E-state index contributed by atoms with van der Waals surface area (Å²) in [5, 5.41) is 18.2. The third-order valence-corrected chi connectivity index (χ3v) is 13.1. The van der Waals surface area contributed by atoms with Gasteiger partial charge in [0.05, 0.1) is 18.0 Å². The van der Waals surface area contributed by atoms with E-state index in [1.54, 1.807) is 4.90 Å². The van der Waals surface area contributed by atoms with Gasteiger partial charge in [-0.3, -0.25) is 19.2 Å². The Morgan fingerprint density at radius 3 is 2.11 bits per heavy atom. The molecule has 2 saturated heterocycles. The molecule has 5 atom stereocenters. The summed E-state index contributed by atoms with van der Waals surface area (Å²) in [5.41, 5.74) is 0.865. The van der Waals surface area contributed by atoms with Crippen molar-refractivity contribution in [1.82, 2.24) is 20.6 Å². The molecule has 2 aliphatic heterocycles. The molecular formula is C51H74N4O7. The maximum atomic E-state index is 14.4. The molecule has 1 aliphatic carbocycles. The van der Waals surface area contributed by atoms with Crippen LogP contribution in [0.25, 0.3) is 0 Å². The summed E-state index contributed by atoms with van der Waals surface area (Å²) in [5.74, 6) is -0.680. The molecule has 2 heterocycles. The van der Waals surface area contributed by atoms with Gasteiger partial charge in [-0.05, 0) is 127 Å². The molecule has 340 valence electrons. The van der Waals surface area contributed by atoms with Crippen LogP contribution in [-0.4, -0.2) is 80.9 Å². The second-order valence-corrected chi connectivity index (χ2v) is 20.2. The van der Waals surface area contributed by atoms with Gasteiger partial charge in [0, 0.05) is 42.9 Å². The zero-order valence-electron chi connectivity index (χ0n) is 38.4. The Bertz CT molecular complexity index is 1810. The SMILES string of the molecule is CC(C)C[C@H](C)/C=C/[C@H](Cc1ccccc1)C(=O)N1CCC[C@H]1C(=O)C[C@H](C(=O)N[C@@H](CCCNC(=O)OCc1ccccc1)C(=O)CC1CC(C)(C)N(O)C(C)(C)C1)C1CC1. The van der Waals surface area contributed by atoms with Crippen molar-refractivity contribution in [3.05, 3.63) is 83.9 Å². The first-order valence-corrected chi connectivity index (χ1v) is 23.3. The second kappa shape index (κ2) is 22.3. The van der Waals surface area contributed by atoms with Crippen molar-refractivity contribution in [3.8, 4) is 0 Å². The number of ketones is 2. The molecule has 2 aromatic rings. The van der Waals surface area contributed by atoms with Gasteiger partial charge in [-0.25, -0.2) is 4.79 Å². The normalized spacial score (nSPS) is 21.0. The quantitative estimate of drug-likeness (QED) is 0.0787. The number of likely N-dealkylation sites (tertiary alicyclic amines) is 1. The van der Waals surface area contributed by atoms with Crippen molar-refractivity contribution in [3.63, 3.8) is 0 Å². The molecule has 1 saturated carbocycles. The molecule has 3 amide bonds. The minimum absolute atomic E-state index is 0.00735. The van der Waals surface area contributed by atoms with Gasteiger partial charge in [0.25, 0.3) is 0 Å². The molecule has 0 unspecified atom stereocenters. The van der Waals surface area contributed by atoms with Crippen LogP contribution in [0.2, 0.25) is 0 Å². The Morgan fingerprint density at radius 1 is 0.871 bits per heavy atom.